The Morgan fingerprint density at radius 1 is 1.38 bits per heavy atom. The van der Waals surface area contributed by atoms with E-state index in [0.29, 0.717) is 19.5 Å². The Morgan fingerprint density at radius 3 is 3.00 bits per heavy atom. The molecule has 5 nitrogen and oxygen atoms in total. The second-order valence-electron chi connectivity index (χ2n) is 6.03. The third-order valence-electron chi connectivity index (χ3n) is 4.17. The Morgan fingerprint density at radius 2 is 2.25 bits per heavy atom. The number of hydrogen-bond donors (Lipinski definition) is 2. The number of halogens is 1. The Kier molecular flexibility index (Phi) is 5.17. The van der Waals surface area contributed by atoms with Crippen LogP contribution in [0.25, 0.3) is 0 Å². The molecule has 1 amide bonds. The van der Waals surface area contributed by atoms with Gasteiger partial charge in [0.2, 0.25) is 5.91 Å². The fraction of sp³-hybridized carbons (Fsp3) is 0.333. The molecule has 3 rings (SSSR count). The number of nitrogens with one attached hydrogen (secondary N) is 1. The number of aromatic nitrogens is 1. The first-order valence-electron chi connectivity index (χ1n) is 7.95. The summed E-state index contributed by atoms with van der Waals surface area (Å²) in [5.41, 5.74) is 1.71. The minimum Gasteiger partial charge on any atom is -0.392 e. The lowest BCUT2D eigenvalue weighted by Gasteiger charge is -2.23. The summed E-state index contributed by atoms with van der Waals surface area (Å²) < 4.78 is 13.4. The van der Waals surface area contributed by atoms with Crippen molar-refractivity contribution in [1.29, 1.82) is 0 Å². The third-order valence-corrected chi connectivity index (χ3v) is 4.17. The highest BCUT2D eigenvalue weighted by Gasteiger charge is 2.33. The minimum absolute atomic E-state index is 0.130. The van der Waals surface area contributed by atoms with E-state index in [9.17, 15) is 14.3 Å². The van der Waals surface area contributed by atoms with E-state index in [1.165, 1.54) is 12.1 Å². The monoisotopic (exact) mass is 329 g/mol. The molecule has 6 heteroatoms. The molecule has 0 spiro atoms. The van der Waals surface area contributed by atoms with Crippen LogP contribution in [-0.2, 0) is 11.3 Å². The summed E-state index contributed by atoms with van der Waals surface area (Å²) in [5.74, 6) is -0.441. The van der Waals surface area contributed by atoms with Crippen molar-refractivity contribution in [3.8, 4) is 0 Å². The first kappa shape index (κ1) is 16.5. The number of likely N-dealkylation sites (tertiary alicyclic amines) is 1. The van der Waals surface area contributed by atoms with Gasteiger partial charge in [-0.3, -0.25) is 14.7 Å². The van der Waals surface area contributed by atoms with E-state index in [1.54, 1.807) is 18.5 Å². The van der Waals surface area contributed by atoms with Gasteiger partial charge in [-0.1, -0.05) is 18.2 Å². The maximum atomic E-state index is 13.4. The molecule has 1 aromatic heterocycles. The van der Waals surface area contributed by atoms with Crippen LogP contribution in [0.5, 0.6) is 0 Å². The number of aliphatic hydroxyl groups is 1. The fourth-order valence-electron chi connectivity index (χ4n) is 3.06. The molecule has 2 heterocycles. The molecule has 0 radical (unpaired) electrons. The lowest BCUT2D eigenvalue weighted by molar-refractivity contribution is -0.122. The van der Waals surface area contributed by atoms with Crippen molar-refractivity contribution in [1.82, 2.24) is 15.2 Å². The number of benzene rings is 1. The number of hydrogen-bond acceptors (Lipinski definition) is 4. The van der Waals surface area contributed by atoms with E-state index in [-0.39, 0.29) is 24.3 Å². The molecule has 2 aromatic rings. The van der Waals surface area contributed by atoms with Crippen molar-refractivity contribution < 1.29 is 14.3 Å². The van der Waals surface area contributed by atoms with Crippen LogP contribution >= 0.6 is 0 Å². The van der Waals surface area contributed by atoms with Crippen molar-refractivity contribution in [2.75, 3.05) is 13.1 Å². The highest BCUT2D eigenvalue weighted by atomic mass is 19.1. The molecular formula is C18H20FN3O2. The maximum absolute atomic E-state index is 13.4. The summed E-state index contributed by atoms with van der Waals surface area (Å²) >= 11 is 0. The van der Waals surface area contributed by atoms with Gasteiger partial charge >= 0.3 is 0 Å². The molecule has 126 valence electrons. The Bertz CT molecular complexity index is 696. The SMILES string of the molecule is O=C(CN1C[C@@H](O)C[C@H]1c1cccc(F)c1)NCc1cccnc1. The Balaban J connectivity index is 1.61. The zero-order valence-corrected chi connectivity index (χ0v) is 13.2. The fourth-order valence-corrected chi connectivity index (χ4v) is 3.06. The topological polar surface area (TPSA) is 65.5 Å². The lowest BCUT2D eigenvalue weighted by Crippen LogP contribution is -2.37. The first-order chi connectivity index (χ1) is 11.6. The predicted molar refractivity (Wildman–Crippen MR) is 87.4 cm³/mol. The summed E-state index contributed by atoms with van der Waals surface area (Å²) in [7, 11) is 0. The molecule has 0 saturated carbocycles. The van der Waals surface area contributed by atoms with Crippen LogP contribution in [0.2, 0.25) is 0 Å². The highest BCUT2D eigenvalue weighted by molar-refractivity contribution is 5.78. The van der Waals surface area contributed by atoms with Crippen molar-refractivity contribution in [3.63, 3.8) is 0 Å². The van der Waals surface area contributed by atoms with Gasteiger partial charge in [-0.2, -0.15) is 0 Å². The summed E-state index contributed by atoms with van der Waals surface area (Å²) in [6.07, 6.45) is 3.37. The smallest absolute Gasteiger partial charge is 0.234 e. The molecule has 2 N–H and O–H groups in total. The van der Waals surface area contributed by atoms with E-state index in [1.807, 2.05) is 23.1 Å². The number of nitrogens with zero attached hydrogens (tertiary/aromatic N) is 2. The largest absolute Gasteiger partial charge is 0.392 e. The van der Waals surface area contributed by atoms with Gasteiger partial charge in [-0.15, -0.1) is 0 Å². The summed E-state index contributed by atoms with van der Waals surface area (Å²) in [6.45, 7) is 0.980. The van der Waals surface area contributed by atoms with Gasteiger partial charge < -0.3 is 10.4 Å². The number of amides is 1. The number of rotatable bonds is 5. The highest BCUT2D eigenvalue weighted by Crippen LogP contribution is 2.32. The van der Waals surface area contributed by atoms with E-state index in [4.69, 9.17) is 0 Å². The molecule has 24 heavy (non-hydrogen) atoms. The van der Waals surface area contributed by atoms with Crippen LogP contribution in [0.4, 0.5) is 4.39 Å². The first-order valence-corrected chi connectivity index (χ1v) is 7.95. The zero-order valence-electron chi connectivity index (χ0n) is 13.2. The molecule has 1 fully saturated rings. The average molecular weight is 329 g/mol. The standard InChI is InChI=1S/C18H20FN3O2/c19-15-5-1-4-14(7-15)17-8-16(23)11-22(17)12-18(24)21-10-13-3-2-6-20-9-13/h1-7,9,16-17,23H,8,10-12H2,(H,21,24)/t16-,17-/m0/s1. The van der Waals surface area contributed by atoms with Gasteiger partial charge in [-0.25, -0.2) is 4.39 Å². The van der Waals surface area contributed by atoms with Crippen LogP contribution in [0.3, 0.4) is 0 Å². The zero-order chi connectivity index (χ0) is 16.9. The van der Waals surface area contributed by atoms with Gasteiger partial charge in [0.25, 0.3) is 0 Å². The van der Waals surface area contributed by atoms with E-state index in [2.05, 4.69) is 10.3 Å². The second-order valence-corrected chi connectivity index (χ2v) is 6.03. The van der Waals surface area contributed by atoms with Gasteiger partial charge in [0, 0.05) is 31.5 Å². The molecule has 1 aliphatic rings. The molecule has 1 saturated heterocycles. The second kappa shape index (κ2) is 7.51. The van der Waals surface area contributed by atoms with Crippen LogP contribution < -0.4 is 5.32 Å². The number of aliphatic hydroxyl groups excluding tert-OH is 1. The summed E-state index contributed by atoms with van der Waals surface area (Å²) in [6, 6.07) is 9.88. The minimum atomic E-state index is -0.510. The van der Waals surface area contributed by atoms with Crippen LogP contribution in [0.15, 0.2) is 48.8 Å². The maximum Gasteiger partial charge on any atom is 0.234 e. The molecule has 1 aromatic carbocycles. The number of pyridine rings is 1. The van der Waals surface area contributed by atoms with E-state index >= 15 is 0 Å². The van der Waals surface area contributed by atoms with Crippen molar-refractivity contribution in [2.24, 2.45) is 0 Å². The van der Waals surface area contributed by atoms with Crippen molar-refractivity contribution in [2.45, 2.75) is 25.1 Å². The van der Waals surface area contributed by atoms with Crippen molar-refractivity contribution in [3.05, 3.63) is 65.7 Å². The third kappa shape index (κ3) is 4.15. The Labute approximate surface area is 140 Å². The number of carbonyl (C=O) groups is 1. The van der Waals surface area contributed by atoms with E-state index < -0.39 is 6.10 Å². The normalized spacial score (nSPS) is 20.9. The Hall–Kier alpha value is -2.31. The molecule has 1 aliphatic heterocycles. The van der Waals surface area contributed by atoms with Crippen LogP contribution in [-0.4, -0.2) is 40.1 Å². The van der Waals surface area contributed by atoms with Crippen molar-refractivity contribution >= 4 is 5.91 Å². The molecular weight excluding hydrogens is 309 g/mol. The molecule has 2 atom stereocenters. The van der Waals surface area contributed by atoms with E-state index in [0.717, 1.165) is 11.1 Å². The van der Waals surface area contributed by atoms with Crippen LogP contribution in [0.1, 0.15) is 23.6 Å². The molecule has 0 bridgehead atoms. The van der Waals surface area contributed by atoms with Gasteiger partial charge in [0.1, 0.15) is 5.82 Å². The quantitative estimate of drug-likeness (QED) is 0.875. The molecule has 0 unspecified atom stereocenters. The number of carbonyl (C=O) groups excluding carboxylic acids is 1. The van der Waals surface area contributed by atoms with Gasteiger partial charge in [0.15, 0.2) is 0 Å². The summed E-state index contributed by atoms with van der Waals surface area (Å²) in [4.78, 5) is 18.1. The number of β-amino-alcohol motifs (C(OH)–C–C–N with tert-alkyl or cyclic N) is 1. The predicted octanol–water partition coefficient (Wildman–Crippen LogP) is 1.64. The van der Waals surface area contributed by atoms with Crippen LogP contribution in [0, 0.1) is 5.82 Å². The summed E-state index contributed by atoms with van der Waals surface area (Å²) in [5, 5.41) is 12.8. The molecule has 0 aliphatic carbocycles. The van der Waals surface area contributed by atoms with Gasteiger partial charge in [0.05, 0.1) is 12.6 Å². The average Bonchev–Trinajstić information content (AvgIpc) is 2.94. The van der Waals surface area contributed by atoms with Gasteiger partial charge in [-0.05, 0) is 35.7 Å². The lowest BCUT2D eigenvalue weighted by atomic mass is 10.0.